The number of carbonyl (C=O) groups excluding carboxylic acids is 1. The van der Waals surface area contributed by atoms with Gasteiger partial charge in [0.1, 0.15) is 0 Å². The van der Waals surface area contributed by atoms with E-state index in [1.807, 2.05) is 24.3 Å². The Kier molecular flexibility index (Phi) is 6.68. The summed E-state index contributed by atoms with van der Waals surface area (Å²) in [6.07, 6.45) is 3.18. The molecule has 1 aliphatic heterocycles. The third-order valence-electron chi connectivity index (χ3n) is 4.91. The van der Waals surface area contributed by atoms with Gasteiger partial charge in [-0.2, -0.15) is 0 Å². The van der Waals surface area contributed by atoms with Gasteiger partial charge < -0.3 is 21.1 Å². The quantitative estimate of drug-likeness (QED) is 0.720. The number of β-amino-alcohol motifs (C(OH)–C–C–N with tert-alkyl or cyclic N) is 1. The maximum atomic E-state index is 10.8. The summed E-state index contributed by atoms with van der Waals surface area (Å²) in [7, 11) is 0. The number of benzene rings is 2. The van der Waals surface area contributed by atoms with Crippen LogP contribution in [0, 0.1) is 6.92 Å². The Hall–Kier alpha value is -2.83. The third kappa shape index (κ3) is 5.84. The molecule has 148 valence electrons. The minimum absolute atomic E-state index is 0.519. The summed E-state index contributed by atoms with van der Waals surface area (Å²) >= 11 is 0. The van der Waals surface area contributed by atoms with Crippen LogP contribution >= 0.6 is 0 Å². The fourth-order valence-electron chi connectivity index (χ4n) is 3.31. The molecular formula is C22H28N4O2. The van der Waals surface area contributed by atoms with Crippen molar-refractivity contribution in [3.8, 4) is 0 Å². The number of nitrogens with one attached hydrogen (secondary N) is 1. The number of carbonyl (C=O) groups is 1. The summed E-state index contributed by atoms with van der Waals surface area (Å²) in [5.74, 6) is 0. The summed E-state index contributed by atoms with van der Waals surface area (Å²) in [5.41, 5.74) is 9.24. The Morgan fingerprint density at radius 3 is 2.36 bits per heavy atom. The molecule has 2 aromatic rings. The SMILES string of the molecule is Cc1ccc(N2CCN(C[C@H](O)/C=C/c3ccc(NC(N)=O)cc3)CC2)cc1. The first-order valence-electron chi connectivity index (χ1n) is 9.56. The first kappa shape index (κ1) is 19.9. The van der Waals surface area contributed by atoms with E-state index in [-0.39, 0.29) is 0 Å². The second kappa shape index (κ2) is 9.39. The molecule has 0 bridgehead atoms. The number of primary amides is 1. The van der Waals surface area contributed by atoms with E-state index in [2.05, 4.69) is 46.3 Å². The lowest BCUT2D eigenvalue weighted by Crippen LogP contribution is -2.48. The second-order valence-corrected chi connectivity index (χ2v) is 7.16. The number of nitrogens with two attached hydrogens (primary N) is 1. The van der Waals surface area contributed by atoms with Gasteiger partial charge in [-0.3, -0.25) is 4.90 Å². The highest BCUT2D eigenvalue weighted by Crippen LogP contribution is 2.17. The fraction of sp³-hybridized carbons (Fsp3) is 0.318. The van der Waals surface area contributed by atoms with E-state index in [4.69, 9.17) is 5.73 Å². The largest absolute Gasteiger partial charge is 0.388 e. The van der Waals surface area contributed by atoms with E-state index in [1.54, 1.807) is 12.1 Å². The number of aliphatic hydroxyl groups is 1. The minimum atomic E-state index is -0.582. The Labute approximate surface area is 166 Å². The van der Waals surface area contributed by atoms with E-state index in [0.717, 1.165) is 31.7 Å². The number of anilines is 2. The standard InChI is InChI=1S/C22H28N4O2/c1-17-2-9-20(10-3-17)26-14-12-25(13-15-26)16-21(27)11-6-18-4-7-19(8-5-18)24-22(23)28/h2-11,21,27H,12-16H2,1H3,(H3,23,24,28)/b11-6+/t21-/m1/s1. The molecule has 0 radical (unpaired) electrons. The lowest BCUT2D eigenvalue weighted by atomic mass is 10.1. The molecule has 6 heteroatoms. The van der Waals surface area contributed by atoms with Crippen LogP contribution in [-0.2, 0) is 0 Å². The molecule has 4 N–H and O–H groups in total. The van der Waals surface area contributed by atoms with E-state index < -0.39 is 12.1 Å². The van der Waals surface area contributed by atoms with Crippen molar-refractivity contribution in [2.24, 2.45) is 5.73 Å². The molecule has 0 unspecified atom stereocenters. The average Bonchev–Trinajstić information content (AvgIpc) is 2.68. The van der Waals surface area contributed by atoms with Crippen LogP contribution in [0.3, 0.4) is 0 Å². The molecule has 28 heavy (non-hydrogen) atoms. The fourth-order valence-corrected chi connectivity index (χ4v) is 3.31. The van der Waals surface area contributed by atoms with Gasteiger partial charge in [-0.1, -0.05) is 42.0 Å². The Morgan fingerprint density at radius 1 is 1.11 bits per heavy atom. The molecule has 1 aliphatic rings. The van der Waals surface area contributed by atoms with E-state index in [0.29, 0.717) is 12.2 Å². The number of aliphatic hydroxyl groups excluding tert-OH is 1. The van der Waals surface area contributed by atoms with Gasteiger partial charge in [0.2, 0.25) is 0 Å². The molecule has 2 aromatic carbocycles. The van der Waals surface area contributed by atoms with Gasteiger partial charge in [0, 0.05) is 44.1 Å². The van der Waals surface area contributed by atoms with Crippen LogP contribution < -0.4 is 16.0 Å². The average molecular weight is 380 g/mol. The number of hydrogen-bond acceptors (Lipinski definition) is 4. The van der Waals surface area contributed by atoms with Crippen molar-refractivity contribution >= 4 is 23.5 Å². The van der Waals surface area contributed by atoms with Crippen LogP contribution in [0.2, 0.25) is 0 Å². The van der Waals surface area contributed by atoms with Crippen molar-refractivity contribution in [1.82, 2.24) is 4.90 Å². The van der Waals surface area contributed by atoms with Crippen LogP contribution in [0.4, 0.5) is 16.2 Å². The van der Waals surface area contributed by atoms with Crippen molar-refractivity contribution in [3.63, 3.8) is 0 Å². The number of nitrogens with zero attached hydrogens (tertiary/aromatic N) is 2. The number of hydrogen-bond donors (Lipinski definition) is 3. The predicted octanol–water partition coefficient (Wildman–Crippen LogP) is 2.68. The predicted molar refractivity (Wildman–Crippen MR) is 115 cm³/mol. The molecule has 3 rings (SSSR count). The first-order chi connectivity index (χ1) is 13.5. The molecule has 0 aromatic heterocycles. The third-order valence-corrected chi connectivity index (χ3v) is 4.91. The monoisotopic (exact) mass is 380 g/mol. The van der Waals surface area contributed by atoms with Gasteiger partial charge >= 0.3 is 6.03 Å². The maximum absolute atomic E-state index is 10.8. The lowest BCUT2D eigenvalue weighted by Gasteiger charge is -2.36. The molecule has 0 spiro atoms. The van der Waals surface area contributed by atoms with Gasteiger partial charge in [-0.05, 0) is 36.8 Å². The second-order valence-electron chi connectivity index (χ2n) is 7.16. The molecule has 0 saturated carbocycles. The minimum Gasteiger partial charge on any atom is -0.388 e. The molecular weight excluding hydrogens is 352 g/mol. The molecule has 6 nitrogen and oxygen atoms in total. The normalized spacial score (nSPS) is 16.3. The van der Waals surface area contributed by atoms with E-state index in [1.165, 1.54) is 11.3 Å². The van der Waals surface area contributed by atoms with Gasteiger partial charge in [-0.15, -0.1) is 0 Å². The van der Waals surface area contributed by atoms with E-state index >= 15 is 0 Å². The van der Waals surface area contributed by atoms with Crippen LogP contribution in [0.5, 0.6) is 0 Å². The molecule has 1 fully saturated rings. The lowest BCUT2D eigenvalue weighted by molar-refractivity contribution is 0.142. The zero-order chi connectivity index (χ0) is 19.9. The van der Waals surface area contributed by atoms with Crippen molar-refractivity contribution in [3.05, 3.63) is 65.7 Å². The van der Waals surface area contributed by atoms with Crippen molar-refractivity contribution < 1.29 is 9.90 Å². The van der Waals surface area contributed by atoms with Crippen LogP contribution in [0.15, 0.2) is 54.6 Å². The van der Waals surface area contributed by atoms with Crippen LogP contribution in [0.1, 0.15) is 11.1 Å². The summed E-state index contributed by atoms with van der Waals surface area (Å²) in [6.45, 7) is 6.53. The van der Waals surface area contributed by atoms with E-state index in [9.17, 15) is 9.90 Å². The molecule has 2 amide bonds. The maximum Gasteiger partial charge on any atom is 0.316 e. The van der Waals surface area contributed by atoms with Crippen molar-refractivity contribution in [2.45, 2.75) is 13.0 Å². The molecule has 1 saturated heterocycles. The summed E-state index contributed by atoms with van der Waals surface area (Å²) in [4.78, 5) is 15.5. The van der Waals surface area contributed by atoms with Gasteiger partial charge in [0.15, 0.2) is 0 Å². The molecule has 1 heterocycles. The van der Waals surface area contributed by atoms with Crippen molar-refractivity contribution in [1.29, 1.82) is 0 Å². The number of amides is 2. The topological polar surface area (TPSA) is 81.8 Å². The van der Waals surface area contributed by atoms with Crippen LogP contribution in [0.25, 0.3) is 6.08 Å². The number of urea groups is 1. The number of rotatable bonds is 6. The smallest absolute Gasteiger partial charge is 0.316 e. The zero-order valence-corrected chi connectivity index (χ0v) is 16.2. The van der Waals surface area contributed by atoms with Gasteiger partial charge in [0.05, 0.1) is 6.10 Å². The highest BCUT2D eigenvalue weighted by Gasteiger charge is 2.18. The zero-order valence-electron chi connectivity index (χ0n) is 16.2. The molecule has 0 aliphatic carbocycles. The Balaban J connectivity index is 1.45. The first-order valence-corrected chi connectivity index (χ1v) is 9.56. The highest BCUT2D eigenvalue weighted by molar-refractivity contribution is 5.87. The highest BCUT2D eigenvalue weighted by atomic mass is 16.3. The summed E-state index contributed by atoms with van der Waals surface area (Å²) in [6, 6.07) is 15.4. The number of aryl methyl sites for hydroxylation is 1. The summed E-state index contributed by atoms with van der Waals surface area (Å²) < 4.78 is 0. The summed E-state index contributed by atoms with van der Waals surface area (Å²) in [5, 5.41) is 12.9. The van der Waals surface area contributed by atoms with Crippen LogP contribution in [-0.4, -0.2) is 54.9 Å². The Bertz CT molecular complexity index is 794. The Morgan fingerprint density at radius 2 is 1.75 bits per heavy atom. The van der Waals surface area contributed by atoms with Gasteiger partial charge in [-0.25, -0.2) is 4.79 Å². The molecule has 1 atom stereocenters. The van der Waals surface area contributed by atoms with Gasteiger partial charge in [0.25, 0.3) is 0 Å². The number of piperazine rings is 1. The van der Waals surface area contributed by atoms with Crippen molar-refractivity contribution in [2.75, 3.05) is 42.9 Å².